The van der Waals surface area contributed by atoms with Gasteiger partial charge in [0.15, 0.2) is 0 Å². The van der Waals surface area contributed by atoms with Gasteiger partial charge in [-0.25, -0.2) is 4.79 Å². The van der Waals surface area contributed by atoms with Crippen molar-refractivity contribution in [1.29, 1.82) is 0 Å². The standard InChI is InChI=1S/C19H19NO3/c1-12-10-16(19(22)23)5-7-17(12)14-6-8-18-15(11-14)4-3-9-20(18)13(2)21/h5-8,10-11H,3-4,9H2,1-2H3,(H,22,23). The van der Waals surface area contributed by atoms with Gasteiger partial charge in [-0.05, 0) is 66.3 Å². The first kappa shape index (κ1) is 15.3. The number of aryl methyl sites for hydroxylation is 2. The lowest BCUT2D eigenvalue weighted by molar-refractivity contribution is -0.116. The largest absolute Gasteiger partial charge is 0.478 e. The predicted molar refractivity (Wildman–Crippen MR) is 89.9 cm³/mol. The van der Waals surface area contributed by atoms with Crippen molar-refractivity contribution >= 4 is 17.6 Å². The van der Waals surface area contributed by atoms with E-state index in [1.807, 2.05) is 30.0 Å². The fraction of sp³-hybridized carbons (Fsp3) is 0.263. The summed E-state index contributed by atoms with van der Waals surface area (Å²) in [4.78, 5) is 24.6. The van der Waals surface area contributed by atoms with E-state index in [9.17, 15) is 9.59 Å². The second kappa shape index (κ2) is 5.88. The van der Waals surface area contributed by atoms with Gasteiger partial charge in [-0.15, -0.1) is 0 Å². The van der Waals surface area contributed by atoms with Crippen LogP contribution in [0.1, 0.15) is 34.8 Å². The molecule has 0 saturated carbocycles. The number of carboxylic acids is 1. The van der Waals surface area contributed by atoms with E-state index in [4.69, 9.17) is 5.11 Å². The number of carbonyl (C=O) groups is 2. The number of hydrogen-bond donors (Lipinski definition) is 1. The van der Waals surface area contributed by atoms with Gasteiger partial charge in [0.2, 0.25) is 5.91 Å². The minimum absolute atomic E-state index is 0.0701. The Morgan fingerprint density at radius 2 is 1.91 bits per heavy atom. The Morgan fingerprint density at radius 1 is 1.13 bits per heavy atom. The average Bonchev–Trinajstić information content (AvgIpc) is 2.53. The van der Waals surface area contributed by atoms with E-state index in [-0.39, 0.29) is 5.91 Å². The molecule has 4 nitrogen and oxygen atoms in total. The van der Waals surface area contributed by atoms with Crippen LogP contribution in [0.15, 0.2) is 36.4 Å². The normalized spacial score (nSPS) is 13.6. The van der Waals surface area contributed by atoms with Crippen LogP contribution in [-0.2, 0) is 11.2 Å². The molecule has 4 heteroatoms. The van der Waals surface area contributed by atoms with Gasteiger partial charge in [-0.3, -0.25) is 4.79 Å². The Labute approximate surface area is 135 Å². The van der Waals surface area contributed by atoms with Crippen LogP contribution in [0.5, 0.6) is 0 Å². The zero-order chi connectivity index (χ0) is 16.6. The summed E-state index contributed by atoms with van der Waals surface area (Å²) in [5.41, 5.74) is 5.48. The summed E-state index contributed by atoms with van der Waals surface area (Å²) in [6.45, 7) is 4.29. The third-order valence-corrected chi connectivity index (χ3v) is 4.36. The van der Waals surface area contributed by atoms with Crippen molar-refractivity contribution in [3.63, 3.8) is 0 Å². The van der Waals surface area contributed by atoms with Crippen LogP contribution in [-0.4, -0.2) is 23.5 Å². The van der Waals surface area contributed by atoms with E-state index in [1.54, 1.807) is 19.1 Å². The molecule has 0 bridgehead atoms. The van der Waals surface area contributed by atoms with Gasteiger partial charge in [-0.2, -0.15) is 0 Å². The molecule has 0 aliphatic carbocycles. The molecular weight excluding hydrogens is 290 g/mol. The number of benzene rings is 2. The van der Waals surface area contributed by atoms with Crippen molar-refractivity contribution in [2.24, 2.45) is 0 Å². The molecule has 0 aromatic heterocycles. The van der Waals surface area contributed by atoms with Crippen molar-refractivity contribution in [1.82, 2.24) is 0 Å². The summed E-state index contributed by atoms with van der Waals surface area (Å²) in [7, 11) is 0. The van der Waals surface area contributed by atoms with E-state index < -0.39 is 5.97 Å². The van der Waals surface area contributed by atoms with Crippen molar-refractivity contribution in [2.75, 3.05) is 11.4 Å². The topological polar surface area (TPSA) is 57.6 Å². The number of aromatic carboxylic acids is 1. The summed E-state index contributed by atoms with van der Waals surface area (Å²) in [5, 5.41) is 9.07. The van der Waals surface area contributed by atoms with Crippen molar-refractivity contribution in [3.05, 3.63) is 53.1 Å². The molecule has 0 radical (unpaired) electrons. The molecule has 0 unspecified atom stereocenters. The highest BCUT2D eigenvalue weighted by molar-refractivity contribution is 5.93. The molecule has 1 N–H and O–H groups in total. The highest BCUT2D eigenvalue weighted by atomic mass is 16.4. The van der Waals surface area contributed by atoms with E-state index >= 15 is 0 Å². The van der Waals surface area contributed by atoms with Crippen LogP contribution >= 0.6 is 0 Å². The number of amides is 1. The molecule has 2 aromatic rings. The quantitative estimate of drug-likeness (QED) is 0.921. The minimum atomic E-state index is -0.915. The Bertz CT molecular complexity index is 795. The van der Waals surface area contributed by atoms with Gasteiger partial charge >= 0.3 is 5.97 Å². The van der Waals surface area contributed by atoms with E-state index in [0.717, 1.165) is 41.8 Å². The number of fused-ring (bicyclic) bond motifs is 1. The lowest BCUT2D eigenvalue weighted by Crippen LogP contribution is -2.33. The smallest absolute Gasteiger partial charge is 0.335 e. The SMILES string of the molecule is CC(=O)N1CCCc2cc(-c3ccc(C(=O)O)cc3C)ccc21. The van der Waals surface area contributed by atoms with E-state index in [0.29, 0.717) is 5.56 Å². The highest BCUT2D eigenvalue weighted by Crippen LogP contribution is 2.33. The van der Waals surface area contributed by atoms with Gasteiger partial charge in [0.05, 0.1) is 5.56 Å². The van der Waals surface area contributed by atoms with E-state index in [2.05, 4.69) is 6.07 Å². The Balaban J connectivity index is 2.02. The Kier molecular flexibility index (Phi) is 3.90. The van der Waals surface area contributed by atoms with Crippen LogP contribution in [0.2, 0.25) is 0 Å². The number of nitrogens with zero attached hydrogens (tertiary/aromatic N) is 1. The Hall–Kier alpha value is -2.62. The summed E-state index contributed by atoms with van der Waals surface area (Å²) < 4.78 is 0. The van der Waals surface area contributed by atoms with Gasteiger partial charge in [0, 0.05) is 19.2 Å². The first-order chi connectivity index (χ1) is 11.0. The number of rotatable bonds is 2. The average molecular weight is 309 g/mol. The maximum atomic E-state index is 11.7. The lowest BCUT2D eigenvalue weighted by atomic mass is 9.93. The van der Waals surface area contributed by atoms with Gasteiger partial charge in [0.1, 0.15) is 0 Å². The van der Waals surface area contributed by atoms with Crippen LogP contribution < -0.4 is 4.90 Å². The molecule has 0 atom stereocenters. The third kappa shape index (κ3) is 2.84. The number of hydrogen-bond acceptors (Lipinski definition) is 2. The fourth-order valence-electron chi connectivity index (χ4n) is 3.21. The third-order valence-electron chi connectivity index (χ3n) is 4.36. The second-order valence-corrected chi connectivity index (χ2v) is 5.95. The van der Waals surface area contributed by atoms with Crippen molar-refractivity contribution < 1.29 is 14.7 Å². The number of carboxylic acid groups (broad SMARTS) is 1. The molecule has 1 amide bonds. The lowest BCUT2D eigenvalue weighted by Gasteiger charge is -2.29. The maximum absolute atomic E-state index is 11.7. The highest BCUT2D eigenvalue weighted by Gasteiger charge is 2.20. The Morgan fingerprint density at radius 3 is 2.57 bits per heavy atom. The molecule has 0 saturated heterocycles. The second-order valence-electron chi connectivity index (χ2n) is 5.95. The van der Waals surface area contributed by atoms with Crippen LogP contribution in [0.4, 0.5) is 5.69 Å². The molecule has 1 aliphatic rings. The zero-order valence-electron chi connectivity index (χ0n) is 13.3. The van der Waals surface area contributed by atoms with Gasteiger partial charge in [-0.1, -0.05) is 12.1 Å². The monoisotopic (exact) mass is 309 g/mol. The van der Waals surface area contributed by atoms with Crippen molar-refractivity contribution in [2.45, 2.75) is 26.7 Å². The molecule has 1 heterocycles. The fourth-order valence-corrected chi connectivity index (χ4v) is 3.21. The molecular formula is C19H19NO3. The van der Waals surface area contributed by atoms with Crippen LogP contribution in [0, 0.1) is 6.92 Å². The van der Waals surface area contributed by atoms with Crippen LogP contribution in [0.3, 0.4) is 0 Å². The number of carbonyl (C=O) groups excluding carboxylic acids is 1. The zero-order valence-corrected chi connectivity index (χ0v) is 13.3. The van der Waals surface area contributed by atoms with Crippen molar-refractivity contribution in [3.8, 4) is 11.1 Å². The molecule has 0 spiro atoms. The number of anilines is 1. The van der Waals surface area contributed by atoms with Crippen LogP contribution in [0.25, 0.3) is 11.1 Å². The minimum Gasteiger partial charge on any atom is -0.478 e. The summed E-state index contributed by atoms with van der Waals surface area (Å²) in [6.07, 6.45) is 1.92. The summed E-state index contributed by atoms with van der Waals surface area (Å²) >= 11 is 0. The first-order valence-electron chi connectivity index (χ1n) is 7.72. The summed E-state index contributed by atoms with van der Waals surface area (Å²) in [5.74, 6) is -0.845. The first-order valence-corrected chi connectivity index (χ1v) is 7.72. The van der Waals surface area contributed by atoms with E-state index in [1.165, 1.54) is 5.56 Å². The molecule has 1 aliphatic heterocycles. The molecule has 118 valence electrons. The van der Waals surface area contributed by atoms with Gasteiger partial charge in [0.25, 0.3) is 0 Å². The molecule has 3 rings (SSSR count). The summed E-state index contributed by atoms with van der Waals surface area (Å²) in [6, 6.07) is 11.3. The van der Waals surface area contributed by atoms with Gasteiger partial charge < -0.3 is 10.0 Å². The maximum Gasteiger partial charge on any atom is 0.335 e. The predicted octanol–water partition coefficient (Wildman–Crippen LogP) is 3.66. The molecule has 23 heavy (non-hydrogen) atoms. The molecule has 2 aromatic carbocycles. The molecule has 0 fully saturated rings.